The fourth-order valence-electron chi connectivity index (χ4n) is 2.01. The first kappa shape index (κ1) is 12.6. The summed E-state index contributed by atoms with van der Waals surface area (Å²) >= 11 is 3.49. The zero-order chi connectivity index (χ0) is 12.6. The molecule has 4 nitrogen and oxygen atoms in total. The Hall–Kier alpha value is -0.840. The van der Waals surface area contributed by atoms with Gasteiger partial charge in [-0.3, -0.25) is 0 Å². The van der Waals surface area contributed by atoms with E-state index in [-0.39, 0.29) is 5.41 Å². The highest BCUT2D eigenvalue weighted by molar-refractivity contribution is 9.10. The molecule has 0 aliphatic carbocycles. The van der Waals surface area contributed by atoms with Gasteiger partial charge >= 0.3 is 0 Å². The molecule has 0 amide bonds. The third kappa shape index (κ3) is 2.54. The monoisotopic (exact) mass is 298 g/mol. The minimum atomic E-state index is -0.0373. The lowest BCUT2D eigenvalue weighted by atomic mass is 9.92. The predicted molar refractivity (Wildman–Crippen MR) is 74.3 cm³/mol. The van der Waals surface area contributed by atoms with Crippen molar-refractivity contribution in [2.75, 3.05) is 23.7 Å². The molecule has 2 N–H and O–H groups in total. The Balaban J connectivity index is 2.45. The molecule has 0 aromatic carbocycles. The number of halogens is 1. The molecule has 1 aliphatic heterocycles. The lowest BCUT2D eigenvalue weighted by Gasteiger charge is -2.23. The van der Waals surface area contributed by atoms with E-state index < -0.39 is 0 Å². The van der Waals surface area contributed by atoms with Gasteiger partial charge in [-0.25, -0.2) is 4.98 Å². The molecule has 1 fully saturated rings. The highest BCUT2D eigenvalue weighted by Gasteiger charge is 2.24. The molecule has 1 aromatic heterocycles. The van der Waals surface area contributed by atoms with Gasteiger partial charge in [0.2, 0.25) is 5.95 Å². The molecule has 0 saturated carbocycles. The van der Waals surface area contributed by atoms with Crippen LogP contribution in [0.5, 0.6) is 0 Å². The molecular weight excluding hydrogens is 280 g/mol. The van der Waals surface area contributed by atoms with Crippen molar-refractivity contribution in [3.8, 4) is 0 Å². The average molecular weight is 299 g/mol. The molecule has 0 atom stereocenters. The van der Waals surface area contributed by atoms with Crippen LogP contribution in [0.25, 0.3) is 0 Å². The molecule has 1 saturated heterocycles. The van der Waals surface area contributed by atoms with E-state index in [1.807, 2.05) is 0 Å². The van der Waals surface area contributed by atoms with Crippen molar-refractivity contribution < 1.29 is 0 Å². The van der Waals surface area contributed by atoms with E-state index in [1.165, 1.54) is 12.8 Å². The molecule has 0 radical (unpaired) electrons. The quantitative estimate of drug-likeness (QED) is 0.866. The summed E-state index contributed by atoms with van der Waals surface area (Å²) in [5.41, 5.74) is 6.90. The minimum Gasteiger partial charge on any atom is -0.383 e. The highest BCUT2D eigenvalue weighted by atomic mass is 79.9. The van der Waals surface area contributed by atoms with Crippen LogP contribution in [0, 0.1) is 0 Å². The molecule has 2 heterocycles. The summed E-state index contributed by atoms with van der Waals surface area (Å²) in [6.45, 7) is 8.46. The van der Waals surface area contributed by atoms with Gasteiger partial charge in [-0.1, -0.05) is 20.8 Å². The molecule has 17 heavy (non-hydrogen) atoms. The third-order valence-electron chi connectivity index (χ3n) is 2.96. The Bertz CT molecular complexity index is 419. The second-order valence-electron chi connectivity index (χ2n) is 5.52. The van der Waals surface area contributed by atoms with Crippen LogP contribution >= 0.6 is 15.9 Å². The molecular formula is C12H19BrN4. The maximum absolute atomic E-state index is 5.96. The molecule has 2 rings (SSSR count). The summed E-state index contributed by atoms with van der Waals surface area (Å²) in [5, 5.41) is 0. The molecule has 94 valence electrons. The maximum atomic E-state index is 5.96. The van der Waals surface area contributed by atoms with Gasteiger partial charge in [-0.2, -0.15) is 4.98 Å². The number of aromatic nitrogens is 2. The first-order chi connectivity index (χ1) is 7.89. The van der Waals surface area contributed by atoms with Gasteiger partial charge in [0.15, 0.2) is 0 Å². The van der Waals surface area contributed by atoms with E-state index in [1.54, 1.807) is 0 Å². The van der Waals surface area contributed by atoms with Crippen molar-refractivity contribution in [1.29, 1.82) is 0 Å². The summed E-state index contributed by atoms with van der Waals surface area (Å²) in [4.78, 5) is 11.3. The highest BCUT2D eigenvalue weighted by Crippen LogP contribution is 2.33. The van der Waals surface area contributed by atoms with Crippen LogP contribution in [0.1, 0.15) is 39.3 Å². The number of rotatable bonds is 1. The van der Waals surface area contributed by atoms with Crippen LogP contribution in [0.3, 0.4) is 0 Å². The molecule has 1 aromatic rings. The summed E-state index contributed by atoms with van der Waals surface area (Å²) < 4.78 is 0.827. The van der Waals surface area contributed by atoms with E-state index >= 15 is 0 Å². The van der Waals surface area contributed by atoms with E-state index in [2.05, 4.69) is 51.6 Å². The standard InChI is InChI=1S/C12H19BrN4/c1-12(2,3)9-8(13)10(14)16-11(15-9)17-6-4-5-7-17/h4-7H2,1-3H3,(H2,14,15,16). The third-order valence-corrected chi connectivity index (χ3v) is 3.75. The van der Waals surface area contributed by atoms with Crippen molar-refractivity contribution in [3.05, 3.63) is 10.2 Å². The zero-order valence-corrected chi connectivity index (χ0v) is 12.2. The Morgan fingerprint density at radius 3 is 2.29 bits per heavy atom. The number of hydrogen-bond donors (Lipinski definition) is 1. The number of nitrogens with zero attached hydrogens (tertiary/aromatic N) is 3. The largest absolute Gasteiger partial charge is 0.383 e. The summed E-state index contributed by atoms with van der Waals surface area (Å²) in [5.74, 6) is 1.31. The van der Waals surface area contributed by atoms with E-state index in [0.717, 1.165) is 29.2 Å². The Labute approximate surface area is 111 Å². The Kier molecular flexibility index (Phi) is 3.30. The normalized spacial score (nSPS) is 16.6. The molecule has 0 bridgehead atoms. The summed E-state index contributed by atoms with van der Waals surface area (Å²) in [7, 11) is 0. The Morgan fingerprint density at radius 2 is 1.76 bits per heavy atom. The minimum absolute atomic E-state index is 0.0373. The van der Waals surface area contributed by atoms with Gasteiger partial charge in [0, 0.05) is 18.5 Å². The van der Waals surface area contributed by atoms with Crippen molar-refractivity contribution in [2.45, 2.75) is 39.0 Å². The van der Waals surface area contributed by atoms with E-state index in [0.29, 0.717) is 5.82 Å². The topological polar surface area (TPSA) is 55.0 Å². The van der Waals surface area contributed by atoms with Crippen LogP contribution in [-0.2, 0) is 5.41 Å². The number of nitrogen functional groups attached to an aromatic ring is 1. The number of hydrogen-bond acceptors (Lipinski definition) is 4. The molecule has 1 aliphatic rings. The molecule has 0 unspecified atom stereocenters. The van der Waals surface area contributed by atoms with Crippen molar-refractivity contribution in [3.63, 3.8) is 0 Å². The van der Waals surface area contributed by atoms with Gasteiger partial charge in [0.1, 0.15) is 5.82 Å². The Morgan fingerprint density at radius 1 is 1.18 bits per heavy atom. The number of nitrogens with two attached hydrogens (primary N) is 1. The van der Waals surface area contributed by atoms with Crippen LogP contribution in [0.4, 0.5) is 11.8 Å². The van der Waals surface area contributed by atoms with E-state index in [9.17, 15) is 0 Å². The first-order valence-electron chi connectivity index (χ1n) is 5.98. The van der Waals surface area contributed by atoms with E-state index in [4.69, 9.17) is 5.73 Å². The fraction of sp³-hybridized carbons (Fsp3) is 0.667. The summed E-state index contributed by atoms with van der Waals surface area (Å²) in [6, 6.07) is 0. The second-order valence-corrected chi connectivity index (χ2v) is 6.31. The maximum Gasteiger partial charge on any atom is 0.227 e. The van der Waals surface area contributed by atoms with Crippen LogP contribution in [0.15, 0.2) is 4.47 Å². The molecule has 5 heteroatoms. The van der Waals surface area contributed by atoms with Gasteiger partial charge in [-0.05, 0) is 28.8 Å². The smallest absolute Gasteiger partial charge is 0.227 e. The van der Waals surface area contributed by atoms with Gasteiger partial charge in [-0.15, -0.1) is 0 Å². The second kappa shape index (κ2) is 4.44. The molecule has 0 spiro atoms. The first-order valence-corrected chi connectivity index (χ1v) is 6.77. The fourth-order valence-corrected chi connectivity index (χ4v) is 2.78. The average Bonchev–Trinajstić information content (AvgIpc) is 2.73. The van der Waals surface area contributed by atoms with Crippen molar-refractivity contribution >= 4 is 27.7 Å². The van der Waals surface area contributed by atoms with Crippen LogP contribution in [-0.4, -0.2) is 23.1 Å². The predicted octanol–water partition coefficient (Wildman–Crippen LogP) is 2.72. The lowest BCUT2D eigenvalue weighted by Crippen LogP contribution is -2.24. The SMILES string of the molecule is CC(C)(C)c1nc(N2CCCC2)nc(N)c1Br. The lowest BCUT2D eigenvalue weighted by molar-refractivity contribution is 0.563. The number of anilines is 2. The van der Waals surface area contributed by atoms with Gasteiger partial charge in [0.25, 0.3) is 0 Å². The van der Waals surface area contributed by atoms with Crippen molar-refractivity contribution in [1.82, 2.24) is 9.97 Å². The van der Waals surface area contributed by atoms with Crippen molar-refractivity contribution in [2.24, 2.45) is 0 Å². The van der Waals surface area contributed by atoms with Gasteiger partial charge in [0.05, 0.1) is 10.2 Å². The summed E-state index contributed by atoms with van der Waals surface area (Å²) in [6.07, 6.45) is 2.42. The zero-order valence-electron chi connectivity index (χ0n) is 10.6. The van der Waals surface area contributed by atoms with Gasteiger partial charge < -0.3 is 10.6 Å². The van der Waals surface area contributed by atoms with Crippen LogP contribution in [0.2, 0.25) is 0 Å². The van der Waals surface area contributed by atoms with Crippen LogP contribution < -0.4 is 10.6 Å².